The van der Waals surface area contributed by atoms with Crippen LogP contribution in [0.2, 0.25) is 0 Å². The van der Waals surface area contributed by atoms with Gasteiger partial charge in [-0.05, 0) is 43.5 Å². The maximum atomic E-state index is 5.83. The normalized spacial score (nSPS) is 17.9. The van der Waals surface area contributed by atoms with Gasteiger partial charge in [-0.1, -0.05) is 18.9 Å². The van der Waals surface area contributed by atoms with E-state index in [0.717, 1.165) is 36.2 Å². The van der Waals surface area contributed by atoms with Gasteiger partial charge in [0.25, 0.3) is 0 Å². The van der Waals surface area contributed by atoms with Crippen LogP contribution in [0.5, 0.6) is 11.5 Å². The molecule has 1 aliphatic heterocycles. The molecule has 2 heterocycles. The lowest BCUT2D eigenvalue weighted by Gasteiger charge is -2.32. The van der Waals surface area contributed by atoms with Crippen molar-refractivity contribution < 1.29 is 9.47 Å². The summed E-state index contributed by atoms with van der Waals surface area (Å²) in [6.45, 7) is 5.61. The molecule has 29 heavy (non-hydrogen) atoms. The molecule has 0 radical (unpaired) electrons. The SMILES string of the molecule is CCNC(=NCc1ccnn1C)NCC1(c2ccc3c(c2)OCCO3)CCCC1. The Morgan fingerprint density at radius 3 is 2.66 bits per heavy atom. The highest BCUT2D eigenvalue weighted by molar-refractivity contribution is 5.79. The van der Waals surface area contributed by atoms with Crippen LogP contribution in [0.4, 0.5) is 0 Å². The molecule has 0 saturated heterocycles. The predicted molar refractivity (Wildman–Crippen MR) is 114 cm³/mol. The van der Waals surface area contributed by atoms with Crippen molar-refractivity contribution in [3.8, 4) is 11.5 Å². The van der Waals surface area contributed by atoms with Crippen LogP contribution in [0, 0.1) is 0 Å². The molecule has 1 aromatic carbocycles. The zero-order valence-corrected chi connectivity index (χ0v) is 17.4. The zero-order valence-electron chi connectivity index (χ0n) is 17.4. The molecule has 2 aromatic rings. The molecule has 1 aliphatic carbocycles. The summed E-state index contributed by atoms with van der Waals surface area (Å²) in [6, 6.07) is 8.45. The molecule has 1 aromatic heterocycles. The van der Waals surface area contributed by atoms with Crippen LogP contribution in [0.15, 0.2) is 35.5 Å². The summed E-state index contributed by atoms with van der Waals surface area (Å²) in [5.74, 6) is 2.57. The number of hydrogen-bond acceptors (Lipinski definition) is 4. The average molecular weight is 398 g/mol. The number of aliphatic imine (C=N–C) groups is 1. The molecular formula is C22H31N5O2. The first-order valence-electron chi connectivity index (χ1n) is 10.6. The molecule has 0 spiro atoms. The Hall–Kier alpha value is -2.70. The van der Waals surface area contributed by atoms with Gasteiger partial charge < -0.3 is 20.1 Å². The second kappa shape index (κ2) is 8.76. The molecule has 2 aliphatic rings. The van der Waals surface area contributed by atoms with Crippen LogP contribution in [-0.2, 0) is 19.0 Å². The number of hydrogen-bond donors (Lipinski definition) is 2. The third kappa shape index (κ3) is 4.33. The van der Waals surface area contributed by atoms with Gasteiger partial charge in [-0.15, -0.1) is 0 Å². The summed E-state index contributed by atoms with van der Waals surface area (Å²) in [5.41, 5.74) is 2.51. The number of nitrogens with zero attached hydrogens (tertiary/aromatic N) is 3. The minimum absolute atomic E-state index is 0.0958. The Morgan fingerprint density at radius 2 is 1.93 bits per heavy atom. The number of nitrogens with one attached hydrogen (secondary N) is 2. The Morgan fingerprint density at radius 1 is 1.14 bits per heavy atom. The van der Waals surface area contributed by atoms with Gasteiger partial charge >= 0.3 is 0 Å². The Labute approximate surface area is 172 Å². The van der Waals surface area contributed by atoms with E-state index in [0.29, 0.717) is 19.8 Å². The first kappa shape index (κ1) is 19.6. The predicted octanol–water partition coefficient (Wildman–Crippen LogP) is 2.76. The topological polar surface area (TPSA) is 72.7 Å². The van der Waals surface area contributed by atoms with Crippen molar-refractivity contribution in [2.75, 3.05) is 26.3 Å². The number of fused-ring (bicyclic) bond motifs is 1. The molecule has 2 N–H and O–H groups in total. The van der Waals surface area contributed by atoms with Gasteiger partial charge in [0.2, 0.25) is 0 Å². The van der Waals surface area contributed by atoms with Crippen molar-refractivity contribution in [2.24, 2.45) is 12.0 Å². The standard InChI is InChI=1S/C22H31N5O2/c1-3-23-21(24-15-18-8-11-26-27(18)2)25-16-22(9-4-5-10-22)17-6-7-19-20(14-17)29-13-12-28-19/h6-8,11,14H,3-5,9-10,12-13,15-16H2,1-2H3,(H2,23,24,25). The molecule has 7 nitrogen and oxygen atoms in total. The van der Waals surface area contributed by atoms with E-state index in [2.05, 4.69) is 40.9 Å². The molecule has 4 rings (SSSR count). The zero-order chi connectivity index (χ0) is 20.1. The average Bonchev–Trinajstić information content (AvgIpc) is 3.39. The third-order valence-corrected chi connectivity index (χ3v) is 5.98. The highest BCUT2D eigenvalue weighted by atomic mass is 16.6. The van der Waals surface area contributed by atoms with Crippen LogP contribution < -0.4 is 20.1 Å². The summed E-state index contributed by atoms with van der Waals surface area (Å²) in [7, 11) is 1.95. The van der Waals surface area contributed by atoms with Crippen LogP contribution in [0.3, 0.4) is 0 Å². The minimum atomic E-state index is 0.0958. The van der Waals surface area contributed by atoms with E-state index >= 15 is 0 Å². The van der Waals surface area contributed by atoms with Crippen molar-refractivity contribution in [3.05, 3.63) is 41.7 Å². The van der Waals surface area contributed by atoms with Gasteiger partial charge in [-0.25, -0.2) is 4.99 Å². The van der Waals surface area contributed by atoms with E-state index in [-0.39, 0.29) is 5.41 Å². The number of aromatic nitrogens is 2. The van der Waals surface area contributed by atoms with Crippen LogP contribution in [0.1, 0.15) is 43.9 Å². The second-order valence-electron chi connectivity index (χ2n) is 7.84. The molecule has 0 atom stereocenters. The number of rotatable bonds is 6. The van der Waals surface area contributed by atoms with Gasteiger partial charge in [-0.2, -0.15) is 5.10 Å². The van der Waals surface area contributed by atoms with E-state index in [1.807, 2.05) is 17.8 Å². The van der Waals surface area contributed by atoms with Crippen molar-refractivity contribution in [1.29, 1.82) is 0 Å². The van der Waals surface area contributed by atoms with E-state index in [1.165, 1.54) is 31.2 Å². The van der Waals surface area contributed by atoms with Gasteiger partial charge in [0.05, 0.1) is 12.2 Å². The first-order valence-corrected chi connectivity index (χ1v) is 10.6. The summed E-state index contributed by atoms with van der Waals surface area (Å²) >= 11 is 0. The Bertz CT molecular complexity index is 855. The highest BCUT2D eigenvalue weighted by Gasteiger charge is 2.36. The maximum absolute atomic E-state index is 5.83. The Balaban J connectivity index is 1.50. The Kier molecular flexibility index (Phi) is 5.92. The lowest BCUT2D eigenvalue weighted by Crippen LogP contribution is -2.44. The monoisotopic (exact) mass is 397 g/mol. The van der Waals surface area contributed by atoms with Crippen molar-refractivity contribution in [3.63, 3.8) is 0 Å². The van der Waals surface area contributed by atoms with E-state index in [4.69, 9.17) is 14.5 Å². The lowest BCUT2D eigenvalue weighted by molar-refractivity contribution is 0.171. The number of aryl methyl sites for hydroxylation is 1. The maximum Gasteiger partial charge on any atom is 0.191 e. The summed E-state index contributed by atoms with van der Waals surface area (Å²) in [5, 5.41) is 11.2. The number of benzene rings is 1. The first-order chi connectivity index (χ1) is 14.2. The van der Waals surface area contributed by atoms with Crippen LogP contribution in [-0.4, -0.2) is 42.0 Å². The summed E-state index contributed by atoms with van der Waals surface area (Å²) in [4.78, 5) is 4.76. The summed E-state index contributed by atoms with van der Waals surface area (Å²) < 4.78 is 13.4. The fourth-order valence-corrected chi connectivity index (χ4v) is 4.30. The van der Waals surface area contributed by atoms with Gasteiger partial charge in [0, 0.05) is 31.7 Å². The smallest absolute Gasteiger partial charge is 0.191 e. The molecule has 1 saturated carbocycles. The van der Waals surface area contributed by atoms with Crippen molar-refractivity contribution >= 4 is 5.96 Å². The molecule has 0 bridgehead atoms. The molecule has 1 fully saturated rings. The highest BCUT2D eigenvalue weighted by Crippen LogP contribution is 2.43. The largest absolute Gasteiger partial charge is 0.486 e. The van der Waals surface area contributed by atoms with Gasteiger partial charge in [-0.3, -0.25) is 4.68 Å². The summed E-state index contributed by atoms with van der Waals surface area (Å²) in [6.07, 6.45) is 6.64. The van der Waals surface area contributed by atoms with Gasteiger partial charge in [0.15, 0.2) is 17.5 Å². The number of ether oxygens (including phenoxy) is 2. The van der Waals surface area contributed by atoms with E-state index in [1.54, 1.807) is 6.20 Å². The minimum Gasteiger partial charge on any atom is -0.486 e. The molecule has 0 unspecified atom stereocenters. The molecule has 156 valence electrons. The second-order valence-corrected chi connectivity index (χ2v) is 7.84. The van der Waals surface area contributed by atoms with Crippen molar-refractivity contribution in [1.82, 2.24) is 20.4 Å². The fourth-order valence-electron chi connectivity index (χ4n) is 4.30. The lowest BCUT2D eigenvalue weighted by atomic mass is 9.78. The van der Waals surface area contributed by atoms with Gasteiger partial charge in [0.1, 0.15) is 13.2 Å². The van der Waals surface area contributed by atoms with E-state index < -0.39 is 0 Å². The quantitative estimate of drug-likeness (QED) is 0.579. The fraction of sp³-hybridized carbons (Fsp3) is 0.545. The number of guanidine groups is 1. The van der Waals surface area contributed by atoms with Crippen molar-refractivity contribution in [2.45, 2.75) is 44.6 Å². The molecule has 7 heteroatoms. The third-order valence-electron chi connectivity index (χ3n) is 5.98. The van der Waals surface area contributed by atoms with Crippen LogP contribution >= 0.6 is 0 Å². The molecule has 0 amide bonds. The molecular weight excluding hydrogens is 366 g/mol. The van der Waals surface area contributed by atoms with Crippen LogP contribution in [0.25, 0.3) is 0 Å². The van der Waals surface area contributed by atoms with E-state index in [9.17, 15) is 0 Å².